The minimum atomic E-state index is -0.987. The molecule has 1 aromatic heterocycles. The summed E-state index contributed by atoms with van der Waals surface area (Å²) in [7, 11) is 0. The van der Waals surface area contributed by atoms with Crippen molar-refractivity contribution in [3.05, 3.63) is 24.0 Å². The topological polar surface area (TPSA) is 62.2 Å². The number of thioether (sulfide) groups is 1. The van der Waals surface area contributed by atoms with E-state index in [1.807, 2.05) is 11.8 Å². The van der Waals surface area contributed by atoms with Crippen molar-refractivity contribution in [2.24, 2.45) is 5.92 Å². The number of aromatic nitrogens is 1. The van der Waals surface area contributed by atoms with E-state index in [4.69, 9.17) is 5.11 Å². The Kier molecular flexibility index (Phi) is 3.66. The minimum absolute atomic E-state index is 0.0852. The van der Waals surface area contributed by atoms with E-state index in [0.717, 1.165) is 18.2 Å². The quantitative estimate of drug-likeness (QED) is 0.839. The van der Waals surface area contributed by atoms with E-state index in [1.54, 1.807) is 12.3 Å². The third-order valence-corrected chi connectivity index (χ3v) is 3.83. The SMILES string of the molecule is O=C(O)c1ccc(NCC2CCSC2)cn1. The van der Waals surface area contributed by atoms with Crippen LogP contribution in [0.5, 0.6) is 0 Å². The van der Waals surface area contributed by atoms with E-state index in [-0.39, 0.29) is 5.69 Å². The second-order valence-electron chi connectivity index (χ2n) is 3.85. The smallest absolute Gasteiger partial charge is 0.354 e. The summed E-state index contributed by atoms with van der Waals surface area (Å²) in [6.07, 6.45) is 2.84. The Morgan fingerprint density at radius 3 is 3.06 bits per heavy atom. The number of carboxylic acids is 1. The molecule has 1 atom stereocenters. The van der Waals surface area contributed by atoms with Crippen LogP contribution in [0, 0.1) is 5.92 Å². The first-order chi connectivity index (χ1) is 7.75. The molecule has 2 N–H and O–H groups in total. The summed E-state index contributed by atoms with van der Waals surface area (Å²) in [5.41, 5.74) is 0.976. The fourth-order valence-corrected chi connectivity index (χ4v) is 2.92. The summed E-state index contributed by atoms with van der Waals surface area (Å²) in [4.78, 5) is 14.4. The molecule has 0 aromatic carbocycles. The highest BCUT2D eigenvalue weighted by Gasteiger charge is 2.14. The molecule has 0 radical (unpaired) electrons. The molecule has 1 fully saturated rings. The van der Waals surface area contributed by atoms with E-state index in [0.29, 0.717) is 0 Å². The lowest BCUT2D eigenvalue weighted by atomic mass is 10.1. The molecule has 0 aliphatic carbocycles. The number of pyridine rings is 1. The van der Waals surface area contributed by atoms with Crippen molar-refractivity contribution in [3.63, 3.8) is 0 Å². The predicted octanol–water partition coefficient (Wildman–Crippen LogP) is 1.94. The molecule has 0 spiro atoms. The summed E-state index contributed by atoms with van der Waals surface area (Å²) in [6.45, 7) is 0.946. The first-order valence-electron chi connectivity index (χ1n) is 5.26. The van der Waals surface area contributed by atoms with Gasteiger partial charge in [-0.25, -0.2) is 9.78 Å². The van der Waals surface area contributed by atoms with Crippen molar-refractivity contribution in [2.45, 2.75) is 6.42 Å². The molecule has 1 aliphatic heterocycles. The van der Waals surface area contributed by atoms with Gasteiger partial charge < -0.3 is 10.4 Å². The summed E-state index contributed by atoms with van der Waals surface area (Å²) < 4.78 is 0. The largest absolute Gasteiger partial charge is 0.477 e. The van der Waals surface area contributed by atoms with Crippen molar-refractivity contribution in [2.75, 3.05) is 23.4 Å². The normalized spacial score (nSPS) is 19.6. The third-order valence-electron chi connectivity index (χ3n) is 2.60. The molecular weight excluding hydrogens is 224 g/mol. The highest BCUT2D eigenvalue weighted by molar-refractivity contribution is 7.99. The average Bonchev–Trinajstić information content (AvgIpc) is 2.80. The van der Waals surface area contributed by atoms with Crippen LogP contribution in [0.2, 0.25) is 0 Å². The Hall–Kier alpha value is -1.23. The van der Waals surface area contributed by atoms with Crippen molar-refractivity contribution in [1.29, 1.82) is 0 Å². The summed E-state index contributed by atoms with van der Waals surface area (Å²) in [5, 5.41) is 12.0. The number of hydrogen-bond acceptors (Lipinski definition) is 4. The number of carbonyl (C=O) groups is 1. The summed E-state index contributed by atoms with van der Waals surface area (Å²) in [6, 6.07) is 3.28. The van der Waals surface area contributed by atoms with Crippen LogP contribution in [0.15, 0.2) is 18.3 Å². The number of aromatic carboxylic acids is 1. The molecule has 0 amide bonds. The molecule has 2 rings (SSSR count). The van der Waals surface area contributed by atoms with E-state index < -0.39 is 5.97 Å². The van der Waals surface area contributed by atoms with Gasteiger partial charge in [0.05, 0.1) is 11.9 Å². The lowest BCUT2D eigenvalue weighted by molar-refractivity contribution is 0.0690. The van der Waals surface area contributed by atoms with E-state index in [9.17, 15) is 4.79 Å². The standard InChI is InChI=1S/C11H14N2O2S/c14-11(15)10-2-1-9(6-13-10)12-5-8-3-4-16-7-8/h1-2,6,8,12H,3-5,7H2,(H,14,15). The van der Waals surface area contributed by atoms with Crippen molar-refractivity contribution in [3.8, 4) is 0 Å². The Morgan fingerprint density at radius 1 is 1.62 bits per heavy atom. The lowest BCUT2D eigenvalue weighted by Crippen LogP contribution is -2.13. The molecule has 0 bridgehead atoms. The first-order valence-corrected chi connectivity index (χ1v) is 6.42. The van der Waals surface area contributed by atoms with Crippen LogP contribution in [0.3, 0.4) is 0 Å². The first kappa shape index (κ1) is 11.3. The van der Waals surface area contributed by atoms with Crippen LogP contribution in [-0.4, -0.2) is 34.1 Å². The van der Waals surface area contributed by atoms with Crippen LogP contribution in [0.25, 0.3) is 0 Å². The van der Waals surface area contributed by atoms with Gasteiger partial charge in [0.2, 0.25) is 0 Å². The number of carboxylic acid groups (broad SMARTS) is 1. The lowest BCUT2D eigenvalue weighted by Gasteiger charge is -2.10. The second-order valence-corrected chi connectivity index (χ2v) is 5.00. The number of hydrogen-bond donors (Lipinski definition) is 2. The van der Waals surface area contributed by atoms with Gasteiger partial charge in [0.1, 0.15) is 5.69 Å². The number of rotatable bonds is 4. The van der Waals surface area contributed by atoms with Crippen LogP contribution in [0.1, 0.15) is 16.9 Å². The van der Waals surface area contributed by atoms with Gasteiger partial charge in [-0.3, -0.25) is 0 Å². The van der Waals surface area contributed by atoms with E-state index in [1.165, 1.54) is 24.0 Å². The fraction of sp³-hybridized carbons (Fsp3) is 0.455. The maximum absolute atomic E-state index is 10.6. The maximum Gasteiger partial charge on any atom is 0.354 e. The number of anilines is 1. The van der Waals surface area contributed by atoms with Crippen LogP contribution in [0.4, 0.5) is 5.69 Å². The van der Waals surface area contributed by atoms with Gasteiger partial charge >= 0.3 is 5.97 Å². The molecule has 1 unspecified atom stereocenters. The number of nitrogens with one attached hydrogen (secondary N) is 1. The predicted molar refractivity (Wildman–Crippen MR) is 65.1 cm³/mol. The average molecular weight is 238 g/mol. The van der Waals surface area contributed by atoms with E-state index >= 15 is 0 Å². The van der Waals surface area contributed by atoms with Crippen LogP contribution >= 0.6 is 11.8 Å². The minimum Gasteiger partial charge on any atom is -0.477 e. The van der Waals surface area contributed by atoms with Gasteiger partial charge in [0, 0.05) is 6.54 Å². The molecule has 16 heavy (non-hydrogen) atoms. The van der Waals surface area contributed by atoms with Gasteiger partial charge in [-0.15, -0.1) is 0 Å². The highest BCUT2D eigenvalue weighted by atomic mass is 32.2. The highest BCUT2D eigenvalue weighted by Crippen LogP contribution is 2.23. The van der Waals surface area contributed by atoms with Crippen LogP contribution < -0.4 is 5.32 Å². The summed E-state index contributed by atoms with van der Waals surface area (Å²) >= 11 is 1.99. The zero-order valence-electron chi connectivity index (χ0n) is 8.85. The zero-order valence-corrected chi connectivity index (χ0v) is 9.67. The molecule has 2 heterocycles. The third kappa shape index (κ3) is 2.88. The molecular formula is C11H14N2O2S. The summed E-state index contributed by atoms with van der Waals surface area (Å²) in [5.74, 6) is 2.21. The van der Waals surface area contributed by atoms with Crippen LogP contribution in [-0.2, 0) is 0 Å². The van der Waals surface area contributed by atoms with Gasteiger partial charge in [0.25, 0.3) is 0 Å². The van der Waals surface area contributed by atoms with Gasteiger partial charge in [-0.2, -0.15) is 11.8 Å². The Bertz CT molecular complexity index is 361. The van der Waals surface area contributed by atoms with Crippen molar-refractivity contribution < 1.29 is 9.90 Å². The van der Waals surface area contributed by atoms with Gasteiger partial charge in [-0.1, -0.05) is 0 Å². The molecule has 1 aliphatic rings. The Balaban J connectivity index is 1.87. The molecule has 4 nitrogen and oxygen atoms in total. The molecule has 5 heteroatoms. The molecule has 0 saturated carbocycles. The fourth-order valence-electron chi connectivity index (χ4n) is 1.63. The molecule has 1 aromatic rings. The second kappa shape index (κ2) is 5.21. The van der Waals surface area contributed by atoms with Gasteiger partial charge in [-0.05, 0) is 36.0 Å². The zero-order chi connectivity index (χ0) is 11.4. The van der Waals surface area contributed by atoms with Gasteiger partial charge in [0.15, 0.2) is 0 Å². The number of nitrogens with zero attached hydrogens (tertiary/aromatic N) is 1. The Labute approximate surface area is 98.5 Å². The molecule has 1 saturated heterocycles. The van der Waals surface area contributed by atoms with Crippen molar-refractivity contribution in [1.82, 2.24) is 4.98 Å². The van der Waals surface area contributed by atoms with E-state index in [2.05, 4.69) is 10.3 Å². The maximum atomic E-state index is 10.6. The Morgan fingerprint density at radius 2 is 2.50 bits per heavy atom. The van der Waals surface area contributed by atoms with Crippen molar-refractivity contribution >= 4 is 23.4 Å². The molecule has 86 valence electrons. The monoisotopic (exact) mass is 238 g/mol.